The Morgan fingerprint density at radius 2 is 0.893 bits per heavy atom. The van der Waals surface area contributed by atoms with Gasteiger partial charge in [-0.1, -0.05) is 154 Å². The highest BCUT2D eigenvalue weighted by Crippen LogP contribution is 2.43. The highest BCUT2D eigenvalue weighted by atomic mass is 31.2. The van der Waals surface area contributed by atoms with Gasteiger partial charge in [0.2, 0.25) is 0 Å². The number of allylic oxidation sites excluding steroid dienone is 4. The Morgan fingerprint density at radius 1 is 0.536 bits per heavy atom. The van der Waals surface area contributed by atoms with E-state index in [4.69, 9.17) is 24.8 Å². The molecule has 0 rings (SSSR count). The number of carbonyl (C=O) groups is 3. The lowest BCUT2D eigenvalue weighted by atomic mass is 10.1. The summed E-state index contributed by atoms with van der Waals surface area (Å²) in [5, 5.41) is 8.89. The molecule has 328 valence electrons. The van der Waals surface area contributed by atoms with Gasteiger partial charge in [-0.15, -0.1) is 0 Å². The monoisotopic (exact) mass is 816 g/mol. The van der Waals surface area contributed by atoms with Crippen LogP contribution in [0.25, 0.3) is 0 Å². The van der Waals surface area contributed by atoms with Crippen LogP contribution in [0.2, 0.25) is 0 Å². The quantitative estimate of drug-likeness (QED) is 0.0232. The summed E-state index contributed by atoms with van der Waals surface area (Å²) < 4.78 is 32.7. The Hall–Kier alpha value is -2.04. The number of hydrogen-bond donors (Lipinski definition) is 3. The standard InChI is InChI=1S/C44H82NO10P/c1-3-5-7-9-11-13-15-17-19-20-22-23-25-27-29-31-33-35-42(46)52-37-40(38-53-56(50,51)54-39-41(45)44(48)49)55-43(47)36-34-32-30-28-26-24-21-18-16-14-12-10-8-6-4-2/h14,16-17,19,40-41H,3-13,15,18,20-39,45H2,1-2H3,(H,48,49)(H,50,51)/b16-14+,19-17+/t40-,41+/m1/s1. The van der Waals surface area contributed by atoms with Gasteiger partial charge in [0.15, 0.2) is 6.10 Å². The first kappa shape index (κ1) is 54.0. The third-order valence-electron chi connectivity index (χ3n) is 9.67. The fraction of sp³-hybridized carbons (Fsp3) is 0.841. The van der Waals surface area contributed by atoms with Crippen molar-refractivity contribution in [2.75, 3.05) is 19.8 Å². The molecule has 0 spiro atoms. The SMILES string of the molecule is CCCCCC/C=C/CCCCCCCCCC(=O)O[C@H](COC(=O)CCCCCCCCC/C=C/CCCCCCCC)COP(=O)(O)OC[C@H](N)C(=O)O. The molecule has 11 nitrogen and oxygen atoms in total. The number of ether oxygens (including phenoxy) is 2. The second-order valence-electron chi connectivity index (χ2n) is 15.2. The molecule has 12 heteroatoms. The van der Waals surface area contributed by atoms with Crippen LogP contribution in [0.1, 0.15) is 206 Å². The van der Waals surface area contributed by atoms with Crippen molar-refractivity contribution in [3.8, 4) is 0 Å². The van der Waals surface area contributed by atoms with E-state index in [0.717, 1.165) is 57.8 Å². The van der Waals surface area contributed by atoms with Crippen molar-refractivity contribution in [3.63, 3.8) is 0 Å². The van der Waals surface area contributed by atoms with E-state index in [0.29, 0.717) is 12.8 Å². The second-order valence-corrected chi connectivity index (χ2v) is 16.6. The van der Waals surface area contributed by atoms with Crippen molar-refractivity contribution >= 4 is 25.7 Å². The Labute approximate surface area is 340 Å². The first-order valence-electron chi connectivity index (χ1n) is 22.4. The van der Waals surface area contributed by atoms with Gasteiger partial charge >= 0.3 is 25.7 Å². The number of carboxylic acids is 1. The number of unbranched alkanes of at least 4 members (excludes halogenated alkanes) is 24. The molecule has 0 aliphatic carbocycles. The molecule has 0 aliphatic rings. The Kier molecular flexibility index (Phi) is 38.3. The molecule has 0 aromatic heterocycles. The van der Waals surface area contributed by atoms with E-state index < -0.39 is 51.1 Å². The number of phosphoric ester groups is 1. The van der Waals surface area contributed by atoms with Crippen molar-refractivity contribution in [2.24, 2.45) is 5.73 Å². The molecule has 0 radical (unpaired) electrons. The number of phosphoric acid groups is 1. The van der Waals surface area contributed by atoms with Gasteiger partial charge in [0.25, 0.3) is 0 Å². The summed E-state index contributed by atoms with van der Waals surface area (Å²) in [6.45, 7) is 2.79. The fourth-order valence-electron chi connectivity index (χ4n) is 6.11. The van der Waals surface area contributed by atoms with Crippen LogP contribution in [0.15, 0.2) is 24.3 Å². The molecule has 1 unspecified atom stereocenters. The molecular formula is C44H82NO10P. The third-order valence-corrected chi connectivity index (χ3v) is 10.6. The van der Waals surface area contributed by atoms with Crippen LogP contribution in [-0.2, 0) is 37.5 Å². The van der Waals surface area contributed by atoms with E-state index in [-0.39, 0.29) is 19.4 Å². The van der Waals surface area contributed by atoms with Crippen molar-refractivity contribution in [3.05, 3.63) is 24.3 Å². The minimum absolute atomic E-state index is 0.157. The maximum atomic E-state index is 12.6. The maximum Gasteiger partial charge on any atom is 0.472 e. The summed E-state index contributed by atoms with van der Waals surface area (Å²) in [6, 6.07) is -1.52. The number of carbonyl (C=O) groups excluding carboxylic acids is 2. The lowest BCUT2D eigenvalue weighted by molar-refractivity contribution is -0.161. The molecule has 0 saturated carbocycles. The Balaban J connectivity index is 4.34. The summed E-state index contributed by atoms with van der Waals surface area (Å²) in [7, 11) is -4.71. The van der Waals surface area contributed by atoms with Crippen LogP contribution in [0.3, 0.4) is 0 Å². The fourth-order valence-corrected chi connectivity index (χ4v) is 6.89. The Bertz CT molecular complexity index is 1050. The first-order chi connectivity index (χ1) is 27.1. The number of esters is 2. The summed E-state index contributed by atoms with van der Waals surface area (Å²) in [5.74, 6) is -2.38. The van der Waals surface area contributed by atoms with Gasteiger partial charge in [0.05, 0.1) is 13.2 Å². The summed E-state index contributed by atoms with van der Waals surface area (Å²) >= 11 is 0. The number of rotatable bonds is 42. The van der Waals surface area contributed by atoms with Crippen LogP contribution >= 0.6 is 7.82 Å². The van der Waals surface area contributed by atoms with Crippen LogP contribution in [-0.4, -0.2) is 59.9 Å². The smallest absolute Gasteiger partial charge is 0.472 e. The maximum absolute atomic E-state index is 12.6. The average molecular weight is 816 g/mol. The van der Waals surface area contributed by atoms with E-state index in [2.05, 4.69) is 42.7 Å². The molecule has 0 heterocycles. The van der Waals surface area contributed by atoms with Crippen molar-refractivity contribution < 1.29 is 47.5 Å². The van der Waals surface area contributed by atoms with Crippen LogP contribution in [0.5, 0.6) is 0 Å². The van der Waals surface area contributed by atoms with Crippen molar-refractivity contribution in [1.29, 1.82) is 0 Å². The molecule has 0 amide bonds. The normalized spacial score (nSPS) is 13.9. The van der Waals surface area contributed by atoms with Gasteiger partial charge in [-0.25, -0.2) is 4.57 Å². The van der Waals surface area contributed by atoms with Gasteiger partial charge in [0.1, 0.15) is 12.6 Å². The average Bonchev–Trinajstić information content (AvgIpc) is 3.17. The highest BCUT2D eigenvalue weighted by molar-refractivity contribution is 7.47. The molecule has 0 bridgehead atoms. The summed E-state index contributed by atoms with van der Waals surface area (Å²) in [6.07, 6.45) is 40.9. The van der Waals surface area contributed by atoms with Crippen LogP contribution < -0.4 is 5.73 Å². The zero-order valence-corrected chi connectivity index (χ0v) is 36.4. The van der Waals surface area contributed by atoms with Crippen molar-refractivity contribution in [1.82, 2.24) is 0 Å². The minimum Gasteiger partial charge on any atom is -0.480 e. The topological polar surface area (TPSA) is 172 Å². The molecule has 3 atom stereocenters. The molecule has 0 aliphatic heterocycles. The van der Waals surface area contributed by atoms with Crippen molar-refractivity contribution in [2.45, 2.75) is 219 Å². The van der Waals surface area contributed by atoms with E-state index in [1.165, 1.54) is 109 Å². The minimum atomic E-state index is -4.71. The number of hydrogen-bond acceptors (Lipinski definition) is 9. The second kappa shape index (κ2) is 39.8. The van der Waals surface area contributed by atoms with Gasteiger partial charge < -0.3 is 25.2 Å². The summed E-state index contributed by atoms with van der Waals surface area (Å²) in [5.41, 5.74) is 5.33. The van der Waals surface area contributed by atoms with Crippen LogP contribution in [0.4, 0.5) is 0 Å². The largest absolute Gasteiger partial charge is 0.480 e. The lowest BCUT2D eigenvalue weighted by Crippen LogP contribution is -2.34. The summed E-state index contributed by atoms with van der Waals surface area (Å²) in [4.78, 5) is 46.0. The van der Waals surface area contributed by atoms with E-state index in [9.17, 15) is 23.8 Å². The zero-order valence-electron chi connectivity index (χ0n) is 35.5. The lowest BCUT2D eigenvalue weighted by Gasteiger charge is -2.20. The van der Waals surface area contributed by atoms with Gasteiger partial charge in [-0.2, -0.15) is 0 Å². The molecular weight excluding hydrogens is 733 g/mol. The highest BCUT2D eigenvalue weighted by Gasteiger charge is 2.28. The molecule has 0 aromatic rings. The zero-order chi connectivity index (χ0) is 41.4. The van der Waals surface area contributed by atoms with Gasteiger partial charge in [0, 0.05) is 12.8 Å². The third kappa shape index (κ3) is 38.8. The molecule has 56 heavy (non-hydrogen) atoms. The van der Waals surface area contributed by atoms with E-state index in [1.807, 2.05) is 0 Å². The van der Waals surface area contributed by atoms with E-state index in [1.54, 1.807) is 0 Å². The van der Waals surface area contributed by atoms with Gasteiger partial charge in [-0.05, 0) is 64.2 Å². The van der Waals surface area contributed by atoms with Gasteiger partial charge in [-0.3, -0.25) is 23.4 Å². The number of nitrogens with two attached hydrogens (primary N) is 1. The first-order valence-corrected chi connectivity index (χ1v) is 23.9. The van der Waals surface area contributed by atoms with Crippen LogP contribution in [0, 0.1) is 0 Å². The van der Waals surface area contributed by atoms with E-state index >= 15 is 0 Å². The Morgan fingerprint density at radius 3 is 1.32 bits per heavy atom. The molecule has 4 N–H and O–H groups in total. The molecule has 0 saturated heterocycles. The molecule has 0 aromatic carbocycles. The predicted octanol–water partition coefficient (Wildman–Crippen LogP) is 11.8. The number of carboxylic acid groups (broad SMARTS) is 1. The number of aliphatic carboxylic acids is 1. The predicted molar refractivity (Wildman–Crippen MR) is 226 cm³/mol. The molecule has 0 fully saturated rings.